The molecule has 33 heavy (non-hydrogen) atoms. The second-order valence-corrected chi connectivity index (χ2v) is 7.52. The first-order chi connectivity index (χ1) is 15.8. The number of hydrogen-bond acceptors (Lipinski definition) is 7. The predicted octanol–water partition coefficient (Wildman–Crippen LogP) is 3.94. The van der Waals surface area contributed by atoms with Crippen LogP contribution in [0.1, 0.15) is 12.5 Å². The maximum atomic E-state index is 13.7. The highest BCUT2D eigenvalue weighted by atomic mass is 32.2. The van der Waals surface area contributed by atoms with E-state index in [-0.39, 0.29) is 17.2 Å². The first-order valence-corrected chi connectivity index (χ1v) is 10.4. The van der Waals surface area contributed by atoms with E-state index in [4.69, 9.17) is 14.7 Å². The van der Waals surface area contributed by atoms with Crippen molar-refractivity contribution in [3.05, 3.63) is 58.5 Å². The molecule has 1 N–H and O–H groups in total. The normalized spacial score (nSPS) is 14.4. The fraction of sp³-hybridized carbons (Fsp3) is 0.182. The van der Waals surface area contributed by atoms with Gasteiger partial charge in [-0.05, 0) is 54.6 Å². The monoisotopic (exact) mass is 473 g/mol. The molecule has 0 unspecified atom stereocenters. The molecule has 170 valence electrons. The number of thioether (sulfide) groups is 1. The third-order valence-corrected chi connectivity index (χ3v) is 5.15. The summed E-state index contributed by atoms with van der Waals surface area (Å²) in [6, 6.07) is 9.25. The summed E-state index contributed by atoms with van der Waals surface area (Å²) < 4.78 is 37.5. The van der Waals surface area contributed by atoms with Crippen molar-refractivity contribution in [1.82, 2.24) is 4.90 Å². The molecule has 0 bridgehead atoms. The topological polar surface area (TPSA) is 109 Å². The zero-order valence-corrected chi connectivity index (χ0v) is 18.1. The van der Waals surface area contributed by atoms with E-state index in [1.807, 2.05) is 6.07 Å². The highest BCUT2D eigenvalue weighted by Crippen LogP contribution is 2.34. The maximum absolute atomic E-state index is 13.7. The number of amides is 3. The second-order valence-electron chi connectivity index (χ2n) is 6.53. The van der Waals surface area contributed by atoms with Crippen LogP contribution in [0.5, 0.6) is 11.5 Å². The van der Waals surface area contributed by atoms with E-state index in [1.54, 1.807) is 25.1 Å². The molecular formula is C22H17F2N3O5S. The Hall–Kier alpha value is -3.91. The van der Waals surface area contributed by atoms with Crippen molar-refractivity contribution in [2.24, 2.45) is 0 Å². The van der Waals surface area contributed by atoms with Gasteiger partial charge in [0.1, 0.15) is 24.2 Å². The smallest absolute Gasteiger partial charge is 0.294 e. The lowest BCUT2D eigenvalue weighted by molar-refractivity contribution is -0.127. The van der Waals surface area contributed by atoms with Crippen molar-refractivity contribution >= 4 is 40.6 Å². The van der Waals surface area contributed by atoms with Crippen molar-refractivity contribution in [2.45, 2.75) is 6.92 Å². The Morgan fingerprint density at radius 3 is 2.67 bits per heavy atom. The van der Waals surface area contributed by atoms with E-state index >= 15 is 0 Å². The SMILES string of the molecule is CCOc1cc(/C=C2\SC(=O)N(CC(=O)Nc3ccc(F)cc3F)C2=O)ccc1OCC#N. The average molecular weight is 473 g/mol. The van der Waals surface area contributed by atoms with Gasteiger partial charge in [-0.3, -0.25) is 19.3 Å². The first-order valence-electron chi connectivity index (χ1n) is 9.59. The van der Waals surface area contributed by atoms with Gasteiger partial charge in [0.25, 0.3) is 11.1 Å². The molecule has 1 heterocycles. The molecule has 3 amide bonds. The fourth-order valence-corrected chi connectivity index (χ4v) is 3.66. The fourth-order valence-electron chi connectivity index (χ4n) is 2.82. The van der Waals surface area contributed by atoms with Gasteiger partial charge in [0, 0.05) is 6.07 Å². The molecule has 2 aromatic rings. The lowest BCUT2D eigenvalue weighted by Crippen LogP contribution is -2.36. The first kappa shape index (κ1) is 23.7. The van der Waals surface area contributed by atoms with Gasteiger partial charge in [0.05, 0.1) is 17.2 Å². The molecule has 8 nitrogen and oxygen atoms in total. The van der Waals surface area contributed by atoms with Crippen molar-refractivity contribution in [2.75, 3.05) is 25.1 Å². The van der Waals surface area contributed by atoms with Gasteiger partial charge in [-0.2, -0.15) is 5.26 Å². The standard InChI is InChI=1S/C22H17F2N3O5S/c1-2-31-18-9-13(3-6-17(18)32-8-7-25)10-19-21(29)27(22(30)33-19)12-20(28)26-16-5-4-14(23)11-15(16)24/h3-6,9-11H,2,8,12H2,1H3,(H,26,28)/b19-10-. The number of imide groups is 1. The van der Waals surface area contributed by atoms with Gasteiger partial charge < -0.3 is 14.8 Å². The number of carbonyl (C=O) groups is 3. The van der Waals surface area contributed by atoms with E-state index in [1.165, 1.54) is 6.08 Å². The summed E-state index contributed by atoms with van der Waals surface area (Å²) in [6.45, 7) is 1.31. The Labute approximate surface area is 191 Å². The Bertz CT molecular complexity index is 1180. The van der Waals surface area contributed by atoms with E-state index in [2.05, 4.69) is 5.32 Å². The number of carbonyl (C=O) groups excluding carboxylic acids is 3. The third-order valence-electron chi connectivity index (χ3n) is 4.24. The Morgan fingerprint density at radius 1 is 1.18 bits per heavy atom. The molecule has 3 rings (SSSR count). The zero-order chi connectivity index (χ0) is 24.0. The Kier molecular flexibility index (Phi) is 7.63. The van der Waals surface area contributed by atoms with E-state index in [9.17, 15) is 23.2 Å². The molecular weight excluding hydrogens is 456 g/mol. The highest BCUT2D eigenvalue weighted by Gasteiger charge is 2.36. The van der Waals surface area contributed by atoms with Crippen LogP contribution < -0.4 is 14.8 Å². The number of halogens is 2. The summed E-state index contributed by atoms with van der Waals surface area (Å²) in [4.78, 5) is 37.9. The van der Waals surface area contributed by atoms with Crippen LogP contribution >= 0.6 is 11.8 Å². The molecule has 0 aromatic heterocycles. The minimum Gasteiger partial charge on any atom is -0.490 e. The molecule has 1 aliphatic rings. The molecule has 1 aliphatic heterocycles. The quantitative estimate of drug-likeness (QED) is 0.579. The van der Waals surface area contributed by atoms with E-state index < -0.39 is 35.2 Å². The van der Waals surface area contributed by atoms with Gasteiger partial charge in [0.15, 0.2) is 18.1 Å². The molecule has 0 atom stereocenters. The summed E-state index contributed by atoms with van der Waals surface area (Å²) in [5, 5.41) is 10.2. The van der Waals surface area contributed by atoms with Crippen LogP contribution in [0.2, 0.25) is 0 Å². The van der Waals surface area contributed by atoms with Gasteiger partial charge >= 0.3 is 0 Å². The second kappa shape index (κ2) is 10.6. The molecule has 0 aliphatic carbocycles. The van der Waals surface area contributed by atoms with Gasteiger partial charge in [-0.15, -0.1) is 0 Å². The molecule has 0 radical (unpaired) electrons. The van der Waals surface area contributed by atoms with Crippen LogP contribution in [-0.2, 0) is 9.59 Å². The van der Waals surface area contributed by atoms with Crippen molar-refractivity contribution in [1.29, 1.82) is 5.26 Å². The van der Waals surface area contributed by atoms with E-state index in [0.717, 1.165) is 17.0 Å². The number of benzene rings is 2. The van der Waals surface area contributed by atoms with Crippen LogP contribution in [0.4, 0.5) is 19.3 Å². The molecule has 11 heteroatoms. The summed E-state index contributed by atoms with van der Waals surface area (Å²) in [6.07, 6.45) is 1.46. The minimum absolute atomic E-state index is 0.0777. The number of nitrogens with one attached hydrogen (secondary N) is 1. The van der Waals surface area contributed by atoms with Crippen LogP contribution in [0, 0.1) is 23.0 Å². The summed E-state index contributed by atoms with van der Waals surface area (Å²) >= 11 is 0.647. The molecule has 2 aromatic carbocycles. The predicted molar refractivity (Wildman–Crippen MR) is 116 cm³/mol. The summed E-state index contributed by atoms with van der Waals surface area (Å²) in [7, 11) is 0. The lowest BCUT2D eigenvalue weighted by Gasteiger charge is -2.13. The summed E-state index contributed by atoms with van der Waals surface area (Å²) in [5.41, 5.74) is 0.261. The number of hydrogen-bond donors (Lipinski definition) is 1. The Balaban J connectivity index is 1.73. The molecule has 1 saturated heterocycles. The van der Waals surface area contributed by atoms with Gasteiger partial charge in [0.2, 0.25) is 5.91 Å². The number of nitriles is 1. The molecule has 1 fully saturated rings. The van der Waals surface area contributed by atoms with Gasteiger partial charge in [-0.25, -0.2) is 8.78 Å². The summed E-state index contributed by atoms with van der Waals surface area (Å²) in [5.74, 6) is -2.58. The van der Waals surface area contributed by atoms with Crippen molar-refractivity contribution < 1.29 is 32.6 Å². The van der Waals surface area contributed by atoms with Crippen molar-refractivity contribution in [3.63, 3.8) is 0 Å². The van der Waals surface area contributed by atoms with Gasteiger partial charge in [-0.1, -0.05) is 6.07 Å². The lowest BCUT2D eigenvalue weighted by atomic mass is 10.2. The van der Waals surface area contributed by atoms with Crippen LogP contribution in [0.15, 0.2) is 41.3 Å². The van der Waals surface area contributed by atoms with E-state index in [0.29, 0.717) is 41.5 Å². The largest absolute Gasteiger partial charge is 0.490 e. The van der Waals surface area contributed by atoms with Crippen LogP contribution in [-0.4, -0.2) is 41.7 Å². The highest BCUT2D eigenvalue weighted by molar-refractivity contribution is 8.18. The zero-order valence-electron chi connectivity index (χ0n) is 17.3. The minimum atomic E-state index is -0.982. The average Bonchev–Trinajstić information content (AvgIpc) is 3.02. The number of anilines is 1. The molecule has 0 spiro atoms. The van der Waals surface area contributed by atoms with Crippen LogP contribution in [0.3, 0.4) is 0 Å². The third kappa shape index (κ3) is 5.87. The maximum Gasteiger partial charge on any atom is 0.294 e. The molecule has 0 saturated carbocycles. The van der Waals surface area contributed by atoms with Crippen molar-refractivity contribution in [3.8, 4) is 17.6 Å². The Morgan fingerprint density at radius 2 is 1.97 bits per heavy atom. The van der Waals surface area contributed by atoms with Crippen LogP contribution in [0.25, 0.3) is 6.08 Å². The number of rotatable bonds is 8. The number of nitrogens with zero attached hydrogens (tertiary/aromatic N) is 2. The number of ether oxygens (including phenoxy) is 2.